The van der Waals surface area contributed by atoms with Crippen LogP contribution >= 0.6 is 0 Å². The molecule has 0 aromatic heterocycles. The van der Waals surface area contributed by atoms with Gasteiger partial charge in [0.25, 0.3) is 17.5 Å². The van der Waals surface area contributed by atoms with Crippen molar-refractivity contribution in [2.24, 2.45) is 5.92 Å². The van der Waals surface area contributed by atoms with Crippen LogP contribution in [0.15, 0.2) is 18.2 Å². The Kier molecular flexibility index (Phi) is 4.56. The summed E-state index contributed by atoms with van der Waals surface area (Å²) >= 11 is 0. The highest BCUT2D eigenvalue weighted by Gasteiger charge is 2.42. The fraction of sp³-hybridized carbons (Fsp3) is 0.375. The van der Waals surface area contributed by atoms with Crippen LogP contribution in [0.1, 0.15) is 41.5 Å². The summed E-state index contributed by atoms with van der Waals surface area (Å²) < 4.78 is 0. The summed E-state index contributed by atoms with van der Waals surface area (Å²) in [7, 11) is 0. The summed E-state index contributed by atoms with van der Waals surface area (Å²) in [6, 6.07) is 5.71. The maximum absolute atomic E-state index is 12.4. The number of hydrogen-bond acceptors (Lipinski definition) is 6. The van der Waals surface area contributed by atoms with E-state index in [9.17, 15) is 29.8 Å². The minimum Gasteiger partial charge on any atom is -0.336 e. The summed E-state index contributed by atoms with van der Waals surface area (Å²) in [6.45, 7) is 4.40. The second kappa shape index (κ2) is 6.32. The molecule has 1 N–H and O–H groups in total. The van der Waals surface area contributed by atoms with Crippen LogP contribution < -0.4 is 5.32 Å². The molecule has 0 spiro atoms. The van der Waals surface area contributed by atoms with Crippen molar-refractivity contribution in [1.82, 2.24) is 10.2 Å². The molecule has 1 aliphatic rings. The Morgan fingerprint density at radius 2 is 2.04 bits per heavy atom. The molecule has 1 aromatic rings. The van der Waals surface area contributed by atoms with Crippen LogP contribution in [0.4, 0.5) is 5.69 Å². The van der Waals surface area contributed by atoms with E-state index < -0.39 is 40.4 Å². The Morgan fingerprint density at radius 3 is 2.56 bits per heavy atom. The van der Waals surface area contributed by atoms with Crippen LogP contribution in [-0.2, 0) is 4.79 Å². The first-order valence-corrected chi connectivity index (χ1v) is 7.48. The fourth-order valence-corrected chi connectivity index (χ4v) is 2.39. The normalized spacial score (nSPS) is 15.6. The molecule has 2 rings (SSSR count). The van der Waals surface area contributed by atoms with Gasteiger partial charge in [0.15, 0.2) is 0 Å². The first-order chi connectivity index (χ1) is 11.6. The Balaban J connectivity index is 2.26. The van der Waals surface area contributed by atoms with E-state index in [1.807, 2.05) is 6.07 Å². The van der Waals surface area contributed by atoms with Gasteiger partial charge in [0.05, 0.1) is 16.6 Å². The lowest BCUT2D eigenvalue weighted by Crippen LogP contribution is -2.52. The van der Waals surface area contributed by atoms with Gasteiger partial charge in [-0.05, 0) is 18.9 Å². The van der Waals surface area contributed by atoms with Gasteiger partial charge < -0.3 is 5.32 Å². The number of nitro groups is 1. The summed E-state index contributed by atoms with van der Waals surface area (Å²) in [4.78, 5) is 47.9. The third-order valence-electron chi connectivity index (χ3n) is 4.26. The number of carbonyl (C=O) groups excluding carboxylic acids is 3. The first-order valence-electron chi connectivity index (χ1n) is 7.48. The van der Waals surface area contributed by atoms with Crippen LogP contribution in [0, 0.1) is 27.4 Å². The highest BCUT2D eigenvalue weighted by molar-refractivity contribution is 6.24. The number of nitrogens with one attached hydrogen (secondary N) is 1. The molecule has 0 aliphatic carbocycles. The standard InChI is InChI=1S/C16H16N4O5/c1-9(2)16(3,8-17)18-12(21)7-19-14(22)10-5-4-6-11(20(24)25)13(10)15(19)23/h4-6,9H,7H2,1-3H3,(H,18,21). The van der Waals surface area contributed by atoms with E-state index in [4.69, 9.17) is 0 Å². The predicted octanol–water partition coefficient (Wildman–Crippen LogP) is 1.25. The van der Waals surface area contributed by atoms with E-state index in [0.29, 0.717) is 4.90 Å². The van der Waals surface area contributed by atoms with Gasteiger partial charge in [0.2, 0.25) is 5.91 Å². The lowest BCUT2D eigenvalue weighted by atomic mass is 9.90. The Bertz CT molecular complexity index is 826. The maximum atomic E-state index is 12.4. The lowest BCUT2D eigenvalue weighted by Gasteiger charge is -2.28. The number of rotatable bonds is 5. The van der Waals surface area contributed by atoms with Crippen LogP contribution in [-0.4, -0.2) is 39.6 Å². The SMILES string of the molecule is CC(C)C(C)(C#N)NC(=O)CN1C(=O)c2cccc([N+](=O)[O-])c2C1=O. The van der Waals surface area contributed by atoms with Crippen molar-refractivity contribution in [3.05, 3.63) is 39.4 Å². The highest BCUT2D eigenvalue weighted by atomic mass is 16.6. The number of benzene rings is 1. The van der Waals surface area contributed by atoms with Gasteiger partial charge in [0.1, 0.15) is 17.6 Å². The van der Waals surface area contributed by atoms with E-state index in [1.165, 1.54) is 19.1 Å². The average molecular weight is 344 g/mol. The van der Waals surface area contributed by atoms with Crippen LogP contribution in [0.25, 0.3) is 0 Å². The zero-order valence-corrected chi connectivity index (χ0v) is 13.9. The molecule has 130 valence electrons. The molecule has 1 aliphatic heterocycles. The molecule has 1 unspecified atom stereocenters. The summed E-state index contributed by atoms with van der Waals surface area (Å²) in [6.07, 6.45) is 0. The summed E-state index contributed by atoms with van der Waals surface area (Å²) in [5.74, 6) is -2.58. The quantitative estimate of drug-likeness (QED) is 0.485. The van der Waals surface area contributed by atoms with Crippen molar-refractivity contribution >= 4 is 23.4 Å². The fourth-order valence-electron chi connectivity index (χ4n) is 2.39. The van der Waals surface area contributed by atoms with Gasteiger partial charge in [-0.1, -0.05) is 19.9 Å². The number of nitrogens with zero attached hydrogens (tertiary/aromatic N) is 3. The first kappa shape index (κ1) is 18.1. The number of nitro benzene ring substituents is 1. The van der Waals surface area contributed by atoms with Crippen molar-refractivity contribution in [2.45, 2.75) is 26.3 Å². The van der Waals surface area contributed by atoms with Crippen molar-refractivity contribution < 1.29 is 19.3 Å². The van der Waals surface area contributed by atoms with Gasteiger partial charge in [-0.25, -0.2) is 0 Å². The Labute approximate surface area is 143 Å². The van der Waals surface area contributed by atoms with E-state index in [2.05, 4.69) is 5.32 Å². The molecule has 3 amide bonds. The van der Waals surface area contributed by atoms with E-state index >= 15 is 0 Å². The number of carbonyl (C=O) groups is 3. The number of nitriles is 1. The maximum Gasteiger partial charge on any atom is 0.282 e. The van der Waals surface area contributed by atoms with Crippen LogP contribution in [0.3, 0.4) is 0 Å². The number of amides is 3. The molecule has 9 heteroatoms. The summed E-state index contributed by atoms with van der Waals surface area (Å²) in [5.41, 5.74) is -2.08. The second-order valence-electron chi connectivity index (χ2n) is 6.17. The zero-order chi connectivity index (χ0) is 18.9. The number of hydrogen-bond donors (Lipinski definition) is 1. The predicted molar refractivity (Wildman–Crippen MR) is 85.5 cm³/mol. The Hall–Kier alpha value is -3.28. The molecular formula is C16H16N4O5. The Morgan fingerprint density at radius 1 is 1.40 bits per heavy atom. The third kappa shape index (κ3) is 3.06. The molecule has 1 atom stereocenters. The molecule has 1 heterocycles. The minimum absolute atomic E-state index is 0.112. The monoisotopic (exact) mass is 344 g/mol. The topological polar surface area (TPSA) is 133 Å². The van der Waals surface area contributed by atoms with Gasteiger partial charge in [-0.2, -0.15) is 5.26 Å². The number of fused-ring (bicyclic) bond motifs is 1. The van der Waals surface area contributed by atoms with Crippen LogP contribution in [0.2, 0.25) is 0 Å². The molecular weight excluding hydrogens is 328 g/mol. The average Bonchev–Trinajstić information content (AvgIpc) is 2.79. The van der Waals surface area contributed by atoms with E-state index in [-0.39, 0.29) is 17.0 Å². The van der Waals surface area contributed by atoms with E-state index in [0.717, 1.165) is 6.07 Å². The molecule has 9 nitrogen and oxygen atoms in total. The zero-order valence-electron chi connectivity index (χ0n) is 13.9. The molecule has 0 saturated heterocycles. The van der Waals surface area contributed by atoms with E-state index in [1.54, 1.807) is 13.8 Å². The molecule has 0 saturated carbocycles. The van der Waals surface area contributed by atoms with Gasteiger partial charge >= 0.3 is 0 Å². The van der Waals surface area contributed by atoms with Crippen LogP contribution in [0.5, 0.6) is 0 Å². The smallest absolute Gasteiger partial charge is 0.282 e. The van der Waals surface area contributed by atoms with Crippen molar-refractivity contribution in [3.8, 4) is 6.07 Å². The van der Waals surface area contributed by atoms with Crippen molar-refractivity contribution in [1.29, 1.82) is 5.26 Å². The molecule has 0 fully saturated rings. The third-order valence-corrected chi connectivity index (χ3v) is 4.26. The van der Waals surface area contributed by atoms with Gasteiger partial charge in [-0.3, -0.25) is 29.4 Å². The molecule has 0 bridgehead atoms. The molecule has 25 heavy (non-hydrogen) atoms. The summed E-state index contributed by atoms with van der Waals surface area (Å²) in [5, 5.41) is 22.8. The molecule has 1 aromatic carbocycles. The minimum atomic E-state index is -1.16. The molecule has 0 radical (unpaired) electrons. The van der Waals surface area contributed by atoms with Gasteiger partial charge in [-0.15, -0.1) is 0 Å². The van der Waals surface area contributed by atoms with Gasteiger partial charge in [0, 0.05) is 6.07 Å². The van der Waals surface area contributed by atoms with Crippen molar-refractivity contribution in [3.63, 3.8) is 0 Å². The number of imide groups is 1. The highest BCUT2D eigenvalue weighted by Crippen LogP contribution is 2.30. The lowest BCUT2D eigenvalue weighted by molar-refractivity contribution is -0.385. The van der Waals surface area contributed by atoms with Crippen molar-refractivity contribution in [2.75, 3.05) is 6.54 Å². The largest absolute Gasteiger partial charge is 0.336 e. The second-order valence-corrected chi connectivity index (χ2v) is 6.17.